The van der Waals surface area contributed by atoms with E-state index in [0.717, 1.165) is 5.56 Å². The summed E-state index contributed by atoms with van der Waals surface area (Å²) >= 11 is 0. The maximum absolute atomic E-state index is 10.6. The van der Waals surface area contributed by atoms with Crippen molar-refractivity contribution in [2.75, 3.05) is 0 Å². The van der Waals surface area contributed by atoms with E-state index < -0.39 is 5.97 Å². The van der Waals surface area contributed by atoms with Crippen LogP contribution in [0.5, 0.6) is 0 Å². The van der Waals surface area contributed by atoms with Gasteiger partial charge in [0, 0.05) is 24.2 Å². The molecule has 90 valence electrons. The Morgan fingerprint density at radius 3 is 2.76 bits per heavy atom. The van der Waals surface area contributed by atoms with Crippen LogP contribution in [-0.4, -0.2) is 15.6 Å². The molecule has 1 N–H and O–H groups in total. The Kier molecular flexibility index (Phi) is 3.18. The Labute approximate surface area is 101 Å². The highest BCUT2D eigenvalue weighted by Crippen LogP contribution is 2.21. The van der Waals surface area contributed by atoms with Crippen LogP contribution >= 0.6 is 0 Å². The molecule has 0 amide bonds. The standard InChI is InChI=1S/C14H17NO2/c1-10(2)15-8-7-12-5-3-11(9-13(12)15)4-6-14(16)17/h3,5,7-10H,4,6H2,1-2H3,(H,16,17). The van der Waals surface area contributed by atoms with Gasteiger partial charge in [0.05, 0.1) is 0 Å². The molecular weight excluding hydrogens is 214 g/mol. The van der Waals surface area contributed by atoms with Crippen LogP contribution in [0.15, 0.2) is 30.5 Å². The van der Waals surface area contributed by atoms with E-state index in [-0.39, 0.29) is 6.42 Å². The Balaban J connectivity index is 2.34. The van der Waals surface area contributed by atoms with Crippen molar-refractivity contribution in [3.63, 3.8) is 0 Å². The zero-order valence-corrected chi connectivity index (χ0v) is 10.2. The molecule has 0 aliphatic rings. The van der Waals surface area contributed by atoms with E-state index in [0.29, 0.717) is 12.5 Å². The van der Waals surface area contributed by atoms with Crippen molar-refractivity contribution in [2.45, 2.75) is 32.7 Å². The van der Waals surface area contributed by atoms with Gasteiger partial charge in [-0.3, -0.25) is 4.79 Å². The molecule has 3 heteroatoms. The molecule has 1 aromatic carbocycles. The molecule has 3 nitrogen and oxygen atoms in total. The zero-order valence-electron chi connectivity index (χ0n) is 10.2. The van der Waals surface area contributed by atoms with Gasteiger partial charge in [-0.2, -0.15) is 0 Å². The molecule has 0 unspecified atom stereocenters. The maximum atomic E-state index is 10.6. The molecule has 0 atom stereocenters. The quantitative estimate of drug-likeness (QED) is 0.877. The summed E-state index contributed by atoms with van der Waals surface area (Å²) in [6, 6.07) is 8.68. The molecule has 0 saturated carbocycles. The summed E-state index contributed by atoms with van der Waals surface area (Å²) in [5.74, 6) is -0.746. The lowest BCUT2D eigenvalue weighted by Gasteiger charge is -2.10. The minimum absolute atomic E-state index is 0.188. The zero-order chi connectivity index (χ0) is 12.4. The predicted octanol–water partition coefficient (Wildman–Crippen LogP) is 3.24. The lowest BCUT2D eigenvalue weighted by molar-refractivity contribution is -0.136. The van der Waals surface area contributed by atoms with Crippen LogP contribution in [0.3, 0.4) is 0 Å². The Hall–Kier alpha value is -1.77. The average molecular weight is 231 g/mol. The van der Waals surface area contributed by atoms with Crippen molar-refractivity contribution in [3.05, 3.63) is 36.0 Å². The van der Waals surface area contributed by atoms with Gasteiger partial charge in [-0.25, -0.2) is 0 Å². The van der Waals surface area contributed by atoms with E-state index in [1.165, 1.54) is 10.9 Å². The fraction of sp³-hybridized carbons (Fsp3) is 0.357. The van der Waals surface area contributed by atoms with E-state index in [1.54, 1.807) is 0 Å². The lowest BCUT2D eigenvalue weighted by atomic mass is 10.1. The van der Waals surface area contributed by atoms with Crippen LogP contribution < -0.4 is 0 Å². The second-order valence-electron chi connectivity index (χ2n) is 4.60. The van der Waals surface area contributed by atoms with Gasteiger partial charge in [-0.15, -0.1) is 0 Å². The first kappa shape index (κ1) is 11.7. The van der Waals surface area contributed by atoms with Gasteiger partial charge >= 0.3 is 5.97 Å². The lowest BCUT2D eigenvalue weighted by Crippen LogP contribution is -2.00. The molecule has 0 aliphatic heterocycles. The van der Waals surface area contributed by atoms with Crippen LogP contribution in [0, 0.1) is 0 Å². The molecule has 0 spiro atoms. The number of hydrogen-bond donors (Lipinski definition) is 1. The van der Waals surface area contributed by atoms with Gasteiger partial charge in [-0.1, -0.05) is 12.1 Å². The molecule has 0 saturated heterocycles. The number of rotatable bonds is 4. The molecule has 0 radical (unpaired) electrons. The third-order valence-corrected chi connectivity index (χ3v) is 2.97. The van der Waals surface area contributed by atoms with Gasteiger partial charge in [-0.05, 0) is 43.4 Å². The molecule has 1 heterocycles. The summed E-state index contributed by atoms with van der Waals surface area (Å²) in [7, 11) is 0. The molecule has 1 aromatic heterocycles. The summed E-state index contributed by atoms with van der Waals surface area (Å²) in [5.41, 5.74) is 2.27. The van der Waals surface area contributed by atoms with E-state index in [2.05, 4.69) is 42.8 Å². The summed E-state index contributed by atoms with van der Waals surface area (Å²) < 4.78 is 2.21. The van der Waals surface area contributed by atoms with Gasteiger partial charge in [0.15, 0.2) is 0 Å². The fourth-order valence-corrected chi connectivity index (χ4v) is 2.05. The highest BCUT2D eigenvalue weighted by atomic mass is 16.4. The number of carboxylic acids is 1. The summed E-state index contributed by atoms with van der Waals surface area (Å²) in [4.78, 5) is 10.6. The maximum Gasteiger partial charge on any atom is 0.303 e. The third kappa shape index (κ3) is 2.49. The first-order valence-electron chi connectivity index (χ1n) is 5.89. The molecule has 2 rings (SSSR count). The first-order chi connectivity index (χ1) is 8.08. The number of nitrogens with zero attached hydrogens (tertiary/aromatic N) is 1. The fourth-order valence-electron chi connectivity index (χ4n) is 2.05. The molecular formula is C14H17NO2. The van der Waals surface area contributed by atoms with Crippen LogP contribution in [0.4, 0.5) is 0 Å². The Morgan fingerprint density at radius 2 is 2.12 bits per heavy atom. The minimum Gasteiger partial charge on any atom is -0.481 e. The molecule has 0 fully saturated rings. The van der Waals surface area contributed by atoms with Crippen LogP contribution in [0.1, 0.15) is 31.9 Å². The molecule has 0 aliphatic carbocycles. The van der Waals surface area contributed by atoms with Crippen molar-refractivity contribution in [1.29, 1.82) is 0 Å². The third-order valence-electron chi connectivity index (χ3n) is 2.97. The number of hydrogen-bond acceptors (Lipinski definition) is 1. The Morgan fingerprint density at radius 1 is 1.35 bits per heavy atom. The highest BCUT2D eigenvalue weighted by molar-refractivity contribution is 5.81. The Bertz CT molecular complexity index is 540. The van der Waals surface area contributed by atoms with Crippen LogP contribution in [-0.2, 0) is 11.2 Å². The van der Waals surface area contributed by atoms with E-state index in [9.17, 15) is 4.79 Å². The summed E-state index contributed by atoms with van der Waals surface area (Å²) in [5, 5.41) is 9.89. The predicted molar refractivity (Wildman–Crippen MR) is 68.3 cm³/mol. The van der Waals surface area contributed by atoms with Crippen LogP contribution in [0.2, 0.25) is 0 Å². The number of aryl methyl sites for hydroxylation is 1. The molecule has 0 bridgehead atoms. The van der Waals surface area contributed by atoms with E-state index in [4.69, 9.17) is 5.11 Å². The topological polar surface area (TPSA) is 42.2 Å². The SMILES string of the molecule is CC(C)n1ccc2ccc(CCC(=O)O)cc21. The normalized spacial score (nSPS) is 11.2. The largest absolute Gasteiger partial charge is 0.481 e. The molecule has 17 heavy (non-hydrogen) atoms. The number of benzene rings is 1. The van der Waals surface area contributed by atoms with E-state index in [1.807, 2.05) is 6.07 Å². The van der Waals surface area contributed by atoms with Crippen molar-refractivity contribution in [2.24, 2.45) is 0 Å². The van der Waals surface area contributed by atoms with E-state index >= 15 is 0 Å². The number of fused-ring (bicyclic) bond motifs is 1. The number of aromatic nitrogens is 1. The number of carboxylic acid groups (broad SMARTS) is 1. The summed E-state index contributed by atoms with van der Waals surface area (Å²) in [6.07, 6.45) is 2.86. The van der Waals surface area contributed by atoms with Crippen LogP contribution in [0.25, 0.3) is 10.9 Å². The number of carbonyl (C=O) groups is 1. The number of aliphatic carboxylic acids is 1. The van der Waals surface area contributed by atoms with Crippen molar-refractivity contribution >= 4 is 16.9 Å². The van der Waals surface area contributed by atoms with Crippen molar-refractivity contribution in [3.8, 4) is 0 Å². The summed E-state index contributed by atoms with van der Waals surface area (Å²) in [6.45, 7) is 4.28. The average Bonchev–Trinajstić information content (AvgIpc) is 2.69. The minimum atomic E-state index is -0.746. The smallest absolute Gasteiger partial charge is 0.303 e. The van der Waals surface area contributed by atoms with Gasteiger partial charge in [0.2, 0.25) is 0 Å². The highest BCUT2D eigenvalue weighted by Gasteiger charge is 2.06. The van der Waals surface area contributed by atoms with Gasteiger partial charge < -0.3 is 9.67 Å². The monoisotopic (exact) mass is 231 g/mol. The van der Waals surface area contributed by atoms with Gasteiger partial charge in [0.1, 0.15) is 0 Å². The second kappa shape index (κ2) is 4.62. The van der Waals surface area contributed by atoms with Crippen molar-refractivity contribution < 1.29 is 9.90 Å². The second-order valence-corrected chi connectivity index (χ2v) is 4.60. The van der Waals surface area contributed by atoms with Gasteiger partial charge in [0.25, 0.3) is 0 Å². The molecule has 2 aromatic rings. The first-order valence-corrected chi connectivity index (χ1v) is 5.89. The van der Waals surface area contributed by atoms with Crippen molar-refractivity contribution in [1.82, 2.24) is 4.57 Å².